The third-order valence-electron chi connectivity index (χ3n) is 4.02. The summed E-state index contributed by atoms with van der Waals surface area (Å²) in [6.07, 6.45) is 7.19. The molecule has 0 saturated heterocycles. The van der Waals surface area contributed by atoms with Crippen molar-refractivity contribution in [1.82, 2.24) is 5.32 Å². The summed E-state index contributed by atoms with van der Waals surface area (Å²) in [5, 5.41) is 13.2. The standard InChI is InChI=1S/C14H26ClNO2/c1-2-12-6-8-14(18,9-7-12)11-16-13(17)5-3-4-10-15/h12,18H,2-11H2,1H3,(H,16,17). The molecule has 18 heavy (non-hydrogen) atoms. The van der Waals surface area contributed by atoms with Gasteiger partial charge in [0.2, 0.25) is 5.91 Å². The summed E-state index contributed by atoms with van der Waals surface area (Å²) in [6.45, 7) is 2.61. The second-order valence-electron chi connectivity index (χ2n) is 5.50. The molecule has 1 aliphatic rings. The van der Waals surface area contributed by atoms with Gasteiger partial charge in [0.25, 0.3) is 0 Å². The molecule has 2 N–H and O–H groups in total. The Kier molecular flexibility index (Phi) is 7.02. The van der Waals surface area contributed by atoms with Gasteiger partial charge in [0.1, 0.15) is 0 Å². The molecule has 0 aliphatic heterocycles. The van der Waals surface area contributed by atoms with Crippen LogP contribution in [-0.2, 0) is 4.79 Å². The van der Waals surface area contributed by atoms with Crippen LogP contribution < -0.4 is 5.32 Å². The number of alkyl halides is 1. The van der Waals surface area contributed by atoms with Crippen LogP contribution in [0.1, 0.15) is 58.3 Å². The molecule has 0 aromatic rings. The number of aliphatic hydroxyl groups is 1. The van der Waals surface area contributed by atoms with Gasteiger partial charge in [0, 0.05) is 18.8 Å². The number of hydrogen-bond donors (Lipinski definition) is 2. The van der Waals surface area contributed by atoms with E-state index in [2.05, 4.69) is 12.2 Å². The van der Waals surface area contributed by atoms with Gasteiger partial charge in [-0.2, -0.15) is 0 Å². The quantitative estimate of drug-likeness (QED) is 0.554. The highest BCUT2D eigenvalue weighted by Crippen LogP contribution is 2.33. The lowest BCUT2D eigenvalue weighted by Crippen LogP contribution is -2.45. The summed E-state index contributed by atoms with van der Waals surface area (Å²) >= 11 is 5.56. The summed E-state index contributed by atoms with van der Waals surface area (Å²) in [7, 11) is 0. The van der Waals surface area contributed by atoms with E-state index < -0.39 is 5.60 Å². The van der Waals surface area contributed by atoms with Gasteiger partial charge < -0.3 is 10.4 Å². The third kappa shape index (κ3) is 5.57. The van der Waals surface area contributed by atoms with E-state index in [1.54, 1.807) is 0 Å². The Labute approximate surface area is 115 Å². The summed E-state index contributed by atoms with van der Waals surface area (Å²) in [5.41, 5.74) is -0.673. The molecular weight excluding hydrogens is 250 g/mol. The Balaban J connectivity index is 2.19. The Bertz CT molecular complexity index is 250. The maximum absolute atomic E-state index is 11.6. The van der Waals surface area contributed by atoms with Crippen LogP contribution >= 0.6 is 11.6 Å². The van der Waals surface area contributed by atoms with E-state index in [1.165, 1.54) is 6.42 Å². The SMILES string of the molecule is CCC1CCC(O)(CNC(=O)CCCCCl)CC1. The normalized spacial score (nSPS) is 28.1. The van der Waals surface area contributed by atoms with Crippen molar-refractivity contribution in [2.24, 2.45) is 5.92 Å². The van der Waals surface area contributed by atoms with Gasteiger partial charge in [-0.15, -0.1) is 11.6 Å². The lowest BCUT2D eigenvalue weighted by Gasteiger charge is -2.35. The van der Waals surface area contributed by atoms with Crippen molar-refractivity contribution in [1.29, 1.82) is 0 Å². The van der Waals surface area contributed by atoms with Crippen molar-refractivity contribution in [3.05, 3.63) is 0 Å². The van der Waals surface area contributed by atoms with E-state index in [4.69, 9.17) is 11.6 Å². The van der Waals surface area contributed by atoms with Crippen molar-refractivity contribution >= 4 is 17.5 Å². The van der Waals surface area contributed by atoms with E-state index in [-0.39, 0.29) is 5.91 Å². The molecule has 1 amide bonds. The first kappa shape index (κ1) is 15.8. The van der Waals surface area contributed by atoms with Crippen LogP contribution in [0.3, 0.4) is 0 Å². The highest BCUT2D eigenvalue weighted by molar-refractivity contribution is 6.17. The molecule has 1 aliphatic carbocycles. The van der Waals surface area contributed by atoms with Crippen molar-refractivity contribution in [3.63, 3.8) is 0 Å². The maximum atomic E-state index is 11.6. The predicted octanol–water partition coefficient (Wildman–Crippen LogP) is 2.84. The van der Waals surface area contributed by atoms with Crippen LogP contribution in [-0.4, -0.2) is 29.0 Å². The second-order valence-corrected chi connectivity index (χ2v) is 5.88. The topological polar surface area (TPSA) is 49.3 Å². The minimum atomic E-state index is -0.673. The highest BCUT2D eigenvalue weighted by Gasteiger charge is 2.32. The predicted molar refractivity (Wildman–Crippen MR) is 74.8 cm³/mol. The Morgan fingerprint density at radius 1 is 1.39 bits per heavy atom. The summed E-state index contributed by atoms with van der Waals surface area (Å²) < 4.78 is 0. The van der Waals surface area contributed by atoms with Crippen LogP contribution in [0.4, 0.5) is 0 Å². The number of carbonyl (C=O) groups excluding carboxylic acids is 1. The molecule has 1 rings (SSSR count). The number of amides is 1. The van der Waals surface area contributed by atoms with E-state index >= 15 is 0 Å². The molecule has 1 saturated carbocycles. The van der Waals surface area contributed by atoms with Crippen LogP contribution in [0.25, 0.3) is 0 Å². The smallest absolute Gasteiger partial charge is 0.220 e. The zero-order valence-electron chi connectivity index (χ0n) is 11.4. The van der Waals surface area contributed by atoms with Gasteiger partial charge in [0.15, 0.2) is 0 Å². The molecule has 106 valence electrons. The largest absolute Gasteiger partial charge is 0.388 e. The maximum Gasteiger partial charge on any atom is 0.220 e. The Morgan fingerprint density at radius 3 is 2.61 bits per heavy atom. The molecule has 0 radical (unpaired) electrons. The van der Waals surface area contributed by atoms with E-state index in [0.717, 1.165) is 44.4 Å². The van der Waals surface area contributed by atoms with Gasteiger partial charge in [-0.3, -0.25) is 4.79 Å². The van der Waals surface area contributed by atoms with Gasteiger partial charge in [0.05, 0.1) is 5.60 Å². The molecule has 0 heterocycles. The van der Waals surface area contributed by atoms with Crippen molar-refractivity contribution in [2.75, 3.05) is 12.4 Å². The summed E-state index contributed by atoms with van der Waals surface area (Å²) in [6, 6.07) is 0. The Morgan fingerprint density at radius 2 is 2.06 bits per heavy atom. The summed E-state index contributed by atoms with van der Waals surface area (Å²) in [5.74, 6) is 1.39. The average molecular weight is 276 g/mol. The lowest BCUT2D eigenvalue weighted by atomic mass is 9.78. The second kappa shape index (κ2) is 8.00. The minimum absolute atomic E-state index is 0.0335. The molecule has 1 fully saturated rings. The number of rotatable bonds is 7. The van der Waals surface area contributed by atoms with E-state index in [9.17, 15) is 9.90 Å². The molecule has 0 aromatic carbocycles. The van der Waals surface area contributed by atoms with Gasteiger partial charge >= 0.3 is 0 Å². The van der Waals surface area contributed by atoms with Gasteiger partial charge in [-0.05, 0) is 44.4 Å². The zero-order valence-corrected chi connectivity index (χ0v) is 12.1. The first-order valence-electron chi connectivity index (χ1n) is 7.14. The van der Waals surface area contributed by atoms with E-state index in [0.29, 0.717) is 18.8 Å². The van der Waals surface area contributed by atoms with Crippen LogP contribution in [0.15, 0.2) is 0 Å². The average Bonchev–Trinajstić information content (AvgIpc) is 2.38. The number of nitrogens with one attached hydrogen (secondary N) is 1. The van der Waals surface area contributed by atoms with Crippen molar-refractivity contribution < 1.29 is 9.90 Å². The lowest BCUT2D eigenvalue weighted by molar-refractivity contribution is -0.123. The molecule has 3 nitrogen and oxygen atoms in total. The fraction of sp³-hybridized carbons (Fsp3) is 0.929. The molecular formula is C14H26ClNO2. The highest BCUT2D eigenvalue weighted by atomic mass is 35.5. The number of unbranched alkanes of at least 4 members (excludes halogenated alkanes) is 1. The molecule has 0 unspecified atom stereocenters. The molecule has 0 spiro atoms. The van der Waals surface area contributed by atoms with Gasteiger partial charge in [-0.25, -0.2) is 0 Å². The van der Waals surface area contributed by atoms with Crippen LogP contribution in [0.2, 0.25) is 0 Å². The first-order chi connectivity index (χ1) is 8.59. The molecule has 0 aromatic heterocycles. The Hall–Kier alpha value is -0.280. The fourth-order valence-electron chi connectivity index (χ4n) is 2.53. The monoisotopic (exact) mass is 275 g/mol. The molecule has 0 bridgehead atoms. The number of halogens is 1. The molecule has 4 heteroatoms. The fourth-order valence-corrected chi connectivity index (χ4v) is 2.72. The number of carbonyl (C=O) groups is 1. The number of hydrogen-bond acceptors (Lipinski definition) is 2. The zero-order chi connectivity index (χ0) is 13.4. The van der Waals surface area contributed by atoms with Gasteiger partial charge in [-0.1, -0.05) is 13.3 Å². The van der Waals surface area contributed by atoms with Crippen LogP contribution in [0.5, 0.6) is 0 Å². The molecule has 0 atom stereocenters. The summed E-state index contributed by atoms with van der Waals surface area (Å²) in [4.78, 5) is 11.6. The first-order valence-corrected chi connectivity index (χ1v) is 7.68. The van der Waals surface area contributed by atoms with Crippen LogP contribution in [0, 0.1) is 5.92 Å². The van der Waals surface area contributed by atoms with Crippen molar-refractivity contribution in [3.8, 4) is 0 Å². The van der Waals surface area contributed by atoms with E-state index in [1.807, 2.05) is 0 Å². The minimum Gasteiger partial charge on any atom is -0.388 e. The third-order valence-corrected chi connectivity index (χ3v) is 4.28. The van der Waals surface area contributed by atoms with Crippen molar-refractivity contribution in [2.45, 2.75) is 63.9 Å².